The topological polar surface area (TPSA) is 75.9 Å². The van der Waals surface area contributed by atoms with Crippen molar-refractivity contribution in [3.05, 3.63) is 59.9 Å². The molecule has 3 heterocycles. The van der Waals surface area contributed by atoms with Gasteiger partial charge in [0.2, 0.25) is 11.7 Å². The molecule has 0 aliphatic carbocycles. The highest BCUT2D eigenvalue weighted by atomic mass is 32.2. The summed E-state index contributed by atoms with van der Waals surface area (Å²) in [5.41, 5.74) is 0.711. The molecule has 0 unspecified atom stereocenters. The molecule has 2 aromatic heterocycles. The third kappa shape index (κ3) is 5.28. The van der Waals surface area contributed by atoms with Crippen molar-refractivity contribution in [1.82, 2.24) is 14.8 Å². The number of fused-ring (bicyclic) bond motifs is 1. The van der Waals surface area contributed by atoms with Gasteiger partial charge in [0.15, 0.2) is 0 Å². The molecule has 1 aromatic carbocycles. The van der Waals surface area contributed by atoms with Gasteiger partial charge in [-0.15, -0.1) is 11.8 Å². The van der Waals surface area contributed by atoms with Gasteiger partial charge in [0.25, 0.3) is 0 Å². The van der Waals surface area contributed by atoms with Crippen LogP contribution >= 0.6 is 11.8 Å². The normalized spacial score (nSPS) is 15.0. The molecular formula is C23H24FN3O4S. The van der Waals surface area contributed by atoms with Crippen molar-refractivity contribution in [2.24, 2.45) is 0 Å². The molecule has 9 heteroatoms. The zero-order chi connectivity index (χ0) is 22.5. The Hall–Kier alpha value is -2.91. The lowest BCUT2D eigenvalue weighted by molar-refractivity contribution is -0.128. The maximum atomic E-state index is 13.7. The minimum Gasteiger partial charge on any atom is -0.463 e. The van der Waals surface area contributed by atoms with E-state index < -0.39 is 5.97 Å². The van der Waals surface area contributed by atoms with Crippen molar-refractivity contribution < 1.29 is 23.1 Å². The molecule has 32 heavy (non-hydrogen) atoms. The number of thioether (sulfide) groups is 1. The Morgan fingerprint density at radius 3 is 2.88 bits per heavy atom. The quantitative estimate of drug-likeness (QED) is 0.414. The lowest BCUT2D eigenvalue weighted by atomic mass is 10.2. The van der Waals surface area contributed by atoms with Crippen molar-refractivity contribution in [2.45, 2.75) is 17.9 Å². The van der Waals surface area contributed by atoms with Gasteiger partial charge in [-0.05, 0) is 42.8 Å². The molecule has 3 aromatic rings. The van der Waals surface area contributed by atoms with Crippen LogP contribution in [0.3, 0.4) is 0 Å². The van der Waals surface area contributed by atoms with E-state index in [4.69, 9.17) is 4.42 Å². The number of aromatic nitrogens is 1. The van der Waals surface area contributed by atoms with E-state index in [1.165, 1.54) is 31.0 Å². The van der Waals surface area contributed by atoms with E-state index in [0.717, 1.165) is 23.2 Å². The van der Waals surface area contributed by atoms with Crippen LogP contribution < -0.4 is 0 Å². The number of carbonyl (C=O) groups excluding carboxylic acids is 2. The number of hydrogen-bond acceptors (Lipinski definition) is 7. The lowest BCUT2D eigenvalue weighted by Crippen LogP contribution is -2.36. The van der Waals surface area contributed by atoms with E-state index in [0.29, 0.717) is 37.5 Å². The van der Waals surface area contributed by atoms with Gasteiger partial charge < -0.3 is 14.1 Å². The Balaban J connectivity index is 1.32. The molecule has 1 aliphatic rings. The van der Waals surface area contributed by atoms with Gasteiger partial charge >= 0.3 is 5.97 Å². The second-order valence-electron chi connectivity index (χ2n) is 7.53. The fourth-order valence-corrected chi connectivity index (χ4v) is 4.66. The molecule has 168 valence electrons. The van der Waals surface area contributed by atoms with Gasteiger partial charge in [-0.2, -0.15) is 0 Å². The molecule has 1 amide bonds. The summed E-state index contributed by atoms with van der Waals surface area (Å²) in [5.74, 6) is 0.417. The second-order valence-corrected chi connectivity index (χ2v) is 8.54. The Labute approximate surface area is 189 Å². The minimum absolute atomic E-state index is 0.0594. The molecule has 0 radical (unpaired) electrons. The Kier molecular flexibility index (Phi) is 7.06. The van der Waals surface area contributed by atoms with Crippen LogP contribution in [0.1, 0.15) is 22.7 Å². The van der Waals surface area contributed by atoms with Crippen molar-refractivity contribution in [3.8, 4) is 0 Å². The van der Waals surface area contributed by atoms with E-state index in [9.17, 15) is 14.0 Å². The molecule has 0 spiro atoms. The highest BCUT2D eigenvalue weighted by Gasteiger charge is 2.21. The molecule has 0 bridgehead atoms. The summed E-state index contributed by atoms with van der Waals surface area (Å²) >= 11 is 1.41. The monoisotopic (exact) mass is 457 g/mol. The van der Waals surface area contributed by atoms with Crippen molar-refractivity contribution >= 4 is 34.5 Å². The van der Waals surface area contributed by atoms with E-state index in [-0.39, 0.29) is 23.2 Å². The first kappa shape index (κ1) is 22.3. The number of halogens is 1. The fourth-order valence-electron chi connectivity index (χ4n) is 3.72. The van der Waals surface area contributed by atoms with E-state index in [2.05, 4.69) is 14.6 Å². The summed E-state index contributed by atoms with van der Waals surface area (Å²) < 4.78 is 23.9. The van der Waals surface area contributed by atoms with Crippen LogP contribution in [-0.2, 0) is 16.1 Å². The highest BCUT2D eigenvalue weighted by Crippen LogP contribution is 2.27. The number of rotatable bonds is 6. The molecule has 4 rings (SSSR count). The summed E-state index contributed by atoms with van der Waals surface area (Å²) in [6, 6.07) is 9.69. The fraction of sp³-hybridized carbons (Fsp3) is 0.348. The van der Waals surface area contributed by atoms with Crippen LogP contribution in [-0.4, -0.2) is 65.7 Å². The largest absolute Gasteiger partial charge is 0.463 e. The van der Waals surface area contributed by atoms with Crippen molar-refractivity contribution in [1.29, 1.82) is 0 Å². The molecule has 0 saturated carbocycles. The van der Waals surface area contributed by atoms with Gasteiger partial charge in [0.05, 0.1) is 24.9 Å². The Bertz CT molecular complexity index is 1120. The first-order valence-corrected chi connectivity index (χ1v) is 11.4. The van der Waals surface area contributed by atoms with Gasteiger partial charge in [0.1, 0.15) is 11.6 Å². The lowest BCUT2D eigenvalue weighted by Gasteiger charge is -2.21. The number of ether oxygens (including phenoxy) is 1. The first-order valence-electron chi connectivity index (χ1n) is 10.4. The first-order chi connectivity index (χ1) is 15.5. The summed E-state index contributed by atoms with van der Waals surface area (Å²) in [6.07, 6.45) is 2.53. The number of furan rings is 1. The standard InChI is InChI=1S/C23H24FN3O4S/c1-30-23(29)20-6-4-17(31-20)14-26-9-2-10-27(12-11-26)22(28)15-32-21-7-8-25-19-5-3-16(24)13-18(19)21/h3-8,13H,2,9-12,14-15H2,1H3. The van der Waals surface area contributed by atoms with Gasteiger partial charge in [-0.3, -0.25) is 14.7 Å². The molecule has 7 nitrogen and oxygen atoms in total. The second kappa shape index (κ2) is 10.1. The Morgan fingerprint density at radius 2 is 2.03 bits per heavy atom. The van der Waals surface area contributed by atoms with Crippen LogP contribution in [0.25, 0.3) is 10.9 Å². The van der Waals surface area contributed by atoms with Crippen molar-refractivity contribution in [3.63, 3.8) is 0 Å². The minimum atomic E-state index is -0.494. The predicted molar refractivity (Wildman–Crippen MR) is 119 cm³/mol. The number of amides is 1. The SMILES string of the molecule is COC(=O)c1ccc(CN2CCCN(C(=O)CSc3ccnc4ccc(F)cc34)CC2)o1. The average Bonchev–Trinajstić information content (AvgIpc) is 3.14. The summed E-state index contributed by atoms with van der Waals surface area (Å²) in [5, 5.41) is 0.720. The molecular weight excluding hydrogens is 433 g/mol. The zero-order valence-electron chi connectivity index (χ0n) is 17.8. The number of benzene rings is 1. The third-order valence-corrected chi connectivity index (χ3v) is 6.44. The van der Waals surface area contributed by atoms with Crippen LogP contribution in [0, 0.1) is 5.82 Å². The van der Waals surface area contributed by atoms with E-state index in [1.807, 2.05) is 11.0 Å². The molecule has 1 aliphatic heterocycles. The van der Waals surface area contributed by atoms with Crippen LogP contribution in [0.5, 0.6) is 0 Å². The smallest absolute Gasteiger partial charge is 0.373 e. The summed E-state index contributed by atoms with van der Waals surface area (Å²) in [7, 11) is 1.32. The van der Waals surface area contributed by atoms with Crippen molar-refractivity contribution in [2.75, 3.05) is 39.0 Å². The number of nitrogens with zero attached hydrogens (tertiary/aromatic N) is 3. The average molecular weight is 458 g/mol. The maximum absolute atomic E-state index is 13.7. The summed E-state index contributed by atoms with van der Waals surface area (Å²) in [4.78, 5) is 33.6. The Morgan fingerprint density at radius 1 is 1.16 bits per heavy atom. The van der Waals surface area contributed by atoms with Gasteiger partial charge in [0, 0.05) is 42.7 Å². The summed E-state index contributed by atoms with van der Waals surface area (Å²) in [6.45, 7) is 3.43. The number of carbonyl (C=O) groups is 2. The van der Waals surface area contributed by atoms with Gasteiger partial charge in [-0.1, -0.05) is 0 Å². The third-order valence-electron chi connectivity index (χ3n) is 5.38. The molecule has 1 saturated heterocycles. The number of esters is 1. The maximum Gasteiger partial charge on any atom is 0.373 e. The van der Waals surface area contributed by atoms with Gasteiger partial charge in [-0.25, -0.2) is 9.18 Å². The molecule has 1 fully saturated rings. The van der Waals surface area contributed by atoms with Crippen LogP contribution in [0.4, 0.5) is 4.39 Å². The number of pyridine rings is 1. The molecule has 0 atom stereocenters. The van der Waals surface area contributed by atoms with E-state index >= 15 is 0 Å². The predicted octanol–water partition coefficient (Wildman–Crippen LogP) is 3.58. The number of hydrogen-bond donors (Lipinski definition) is 0. The van der Waals surface area contributed by atoms with Crippen LogP contribution in [0.2, 0.25) is 0 Å². The van der Waals surface area contributed by atoms with E-state index in [1.54, 1.807) is 24.4 Å². The van der Waals surface area contributed by atoms with Crippen LogP contribution in [0.15, 0.2) is 51.9 Å². The zero-order valence-corrected chi connectivity index (χ0v) is 18.6. The molecule has 0 N–H and O–H groups in total. The highest BCUT2D eigenvalue weighted by molar-refractivity contribution is 8.00. The number of methoxy groups -OCH3 is 1.